The van der Waals surface area contributed by atoms with Crippen molar-refractivity contribution >= 4 is 0 Å². The Labute approximate surface area is 178 Å². The molecule has 3 rings (SSSR count). The van der Waals surface area contributed by atoms with Gasteiger partial charge in [0.2, 0.25) is 0 Å². The van der Waals surface area contributed by atoms with Gasteiger partial charge in [-0.25, -0.2) is 0 Å². The molecule has 164 valence electrons. The molecule has 1 aromatic heterocycles. The molecule has 2 aromatic rings. The Bertz CT molecular complexity index is 868. The second-order valence-corrected chi connectivity index (χ2v) is 8.52. The molecule has 5 heteroatoms. The van der Waals surface area contributed by atoms with E-state index in [1.54, 1.807) is 0 Å². The highest BCUT2D eigenvalue weighted by Crippen LogP contribution is 2.39. The van der Waals surface area contributed by atoms with Gasteiger partial charge in [-0.15, -0.1) is 0 Å². The van der Waals surface area contributed by atoms with Crippen molar-refractivity contribution in [3.05, 3.63) is 57.9 Å². The third-order valence-corrected chi connectivity index (χ3v) is 6.08. The van der Waals surface area contributed by atoms with Crippen LogP contribution in [-0.4, -0.2) is 4.57 Å². The molecular formula is C25H33F3N2. The molecule has 0 saturated heterocycles. The van der Waals surface area contributed by atoms with Crippen LogP contribution in [0.3, 0.4) is 0 Å². The van der Waals surface area contributed by atoms with Gasteiger partial charge in [-0.05, 0) is 67.7 Å². The molecule has 1 heterocycles. The number of hydrogen-bond acceptors (Lipinski definition) is 1. The van der Waals surface area contributed by atoms with Gasteiger partial charge < -0.3 is 4.57 Å². The quantitative estimate of drug-likeness (QED) is 0.502. The van der Waals surface area contributed by atoms with Crippen molar-refractivity contribution in [1.29, 1.82) is 5.26 Å². The average molecular weight is 419 g/mol. The molecule has 0 aliphatic heterocycles. The summed E-state index contributed by atoms with van der Waals surface area (Å²) in [5, 5.41) is 9.55. The third-order valence-electron chi connectivity index (χ3n) is 6.08. The summed E-state index contributed by atoms with van der Waals surface area (Å²) in [6.07, 6.45) is 1.10. The average Bonchev–Trinajstić information content (AvgIpc) is 2.99. The molecule has 0 radical (unpaired) electrons. The van der Waals surface area contributed by atoms with Crippen LogP contribution in [0.25, 0.3) is 0 Å². The molecule has 1 atom stereocenters. The summed E-state index contributed by atoms with van der Waals surface area (Å²) in [4.78, 5) is 0. The van der Waals surface area contributed by atoms with E-state index in [0.29, 0.717) is 12.5 Å². The Kier molecular flexibility index (Phi) is 8.18. The Balaban J connectivity index is 0.000000575. The van der Waals surface area contributed by atoms with Crippen LogP contribution in [0, 0.1) is 24.2 Å². The number of alkyl halides is 3. The van der Waals surface area contributed by atoms with Crippen LogP contribution in [0.15, 0.2) is 24.3 Å². The van der Waals surface area contributed by atoms with E-state index in [1.165, 1.54) is 24.2 Å². The lowest BCUT2D eigenvalue weighted by Crippen LogP contribution is -2.15. The molecule has 0 fully saturated rings. The number of halogens is 3. The molecule has 0 amide bonds. The minimum atomic E-state index is -4.32. The van der Waals surface area contributed by atoms with Gasteiger partial charge in [-0.2, -0.15) is 18.4 Å². The topological polar surface area (TPSA) is 28.7 Å². The van der Waals surface area contributed by atoms with Gasteiger partial charge in [0.25, 0.3) is 0 Å². The van der Waals surface area contributed by atoms with Gasteiger partial charge in [-0.3, -0.25) is 0 Å². The van der Waals surface area contributed by atoms with E-state index in [4.69, 9.17) is 0 Å². The number of nitriles is 1. The molecule has 1 aliphatic carbocycles. The van der Waals surface area contributed by atoms with Crippen LogP contribution >= 0.6 is 0 Å². The zero-order valence-electron chi connectivity index (χ0n) is 18.7. The molecule has 30 heavy (non-hydrogen) atoms. The highest BCUT2D eigenvalue weighted by atomic mass is 19.4. The molecule has 2 nitrogen and oxygen atoms in total. The largest absolute Gasteiger partial charge is 0.416 e. The molecule has 1 unspecified atom stereocenters. The van der Waals surface area contributed by atoms with Crippen LogP contribution in [-0.2, 0) is 19.1 Å². The molecule has 1 aromatic carbocycles. The van der Waals surface area contributed by atoms with Gasteiger partial charge in [0.15, 0.2) is 0 Å². The minimum Gasteiger partial charge on any atom is -0.343 e. The number of hydrogen-bond donors (Lipinski definition) is 0. The van der Waals surface area contributed by atoms with Gasteiger partial charge >= 0.3 is 6.18 Å². The summed E-state index contributed by atoms with van der Waals surface area (Å²) in [7, 11) is 0. The number of rotatable bonds is 4. The van der Waals surface area contributed by atoms with E-state index in [9.17, 15) is 18.4 Å². The number of benzene rings is 1. The Hall–Kier alpha value is -2.22. The van der Waals surface area contributed by atoms with Crippen molar-refractivity contribution in [2.24, 2.45) is 5.92 Å². The first-order valence-electron chi connectivity index (χ1n) is 10.9. The summed E-state index contributed by atoms with van der Waals surface area (Å²) >= 11 is 0. The fourth-order valence-corrected chi connectivity index (χ4v) is 3.94. The predicted molar refractivity (Wildman–Crippen MR) is 116 cm³/mol. The molecule has 0 bridgehead atoms. The number of fused-ring (bicyclic) bond motifs is 1. The van der Waals surface area contributed by atoms with Gasteiger partial charge in [-0.1, -0.05) is 46.2 Å². The van der Waals surface area contributed by atoms with Crippen LogP contribution in [0.1, 0.15) is 92.9 Å². The van der Waals surface area contributed by atoms with Crippen LogP contribution in [0.2, 0.25) is 0 Å². The number of nitrogens with zero attached hydrogens (tertiary/aromatic N) is 2. The maximum Gasteiger partial charge on any atom is 0.416 e. The molecule has 0 spiro atoms. The van der Waals surface area contributed by atoms with E-state index < -0.39 is 11.7 Å². The fourth-order valence-electron chi connectivity index (χ4n) is 3.94. The monoisotopic (exact) mass is 418 g/mol. The van der Waals surface area contributed by atoms with Gasteiger partial charge in [0.1, 0.15) is 6.07 Å². The van der Waals surface area contributed by atoms with E-state index in [1.807, 2.05) is 6.92 Å². The second-order valence-electron chi connectivity index (χ2n) is 8.52. The Morgan fingerprint density at radius 1 is 1.17 bits per heavy atom. The van der Waals surface area contributed by atoms with E-state index in [2.05, 4.69) is 38.3 Å². The van der Waals surface area contributed by atoms with Crippen molar-refractivity contribution in [1.82, 2.24) is 4.57 Å². The summed E-state index contributed by atoms with van der Waals surface area (Å²) < 4.78 is 40.4. The van der Waals surface area contributed by atoms with Gasteiger partial charge in [0, 0.05) is 17.9 Å². The predicted octanol–water partition coefficient (Wildman–Crippen LogP) is 7.62. The maximum absolute atomic E-state index is 12.7. The van der Waals surface area contributed by atoms with Gasteiger partial charge in [0.05, 0.1) is 11.1 Å². The van der Waals surface area contributed by atoms with Crippen molar-refractivity contribution in [2.45, 2.75) is 85.4 Å². The SMILES string of the molecule is CCC(C)C.CCC1CCCc2c(C#N)c(C)n(Cc3ccc(C(F)(F)F)cc3)c21. The van der Waals surface area contributed by atoms with E-state index in [-0.39, 0.29) is 0 Å². The maximum atomic E-state index is 12.7. The van der Waals surface area contributed by atoms with E-state index in [0.717, 1.165) is 66.1 Å². The first-order valence-corrected chi connectivity index (χ1v) is 10.9. The zero-order chi connectivity index (χ0) is 22.5. The molecule has 0 saturated carbocycles. The summed E-state index contributed by atoms with van der Waals surface area (Å²) in [6, 6.07) is 7.65. The fraction of sp³-hybridized carbons (Fsp3) is 0.560. The molecule has 1 aliphatic rings. The summed E-state index contributed by atoms with van der Waals surface area (Å²) in [6.45, 7) is 11.2. The lowest BCUT2D eigenvalue weighted by molar-refractivity contribution is -0.137. The normalized spacial score (nSPS) is 15.9. The van der Waals surface area contributed by atoms with E-state index >= 15 is 0 Å². The Morgan fingerprint density at radius 2 is 1.77 bits per heavy atom. The first kappa shape index (κ1) is 24.1. The first-order chi connectivity index (χ1) is 14.1. The van der Waals surface area contributed by atoms with Crippen molar-refractivity contribution in [3.63, 3.8) is 0 Å². The minimum absolute atomic E-state index is 0.416. The lowest BCUT2D eigenvalue weighted by Gasteiger charge is -2.25. The number of aromatic nitrogens is 1. The standard InChI is InChI=1S/C20H21F3N2.C5H12/c1-3-15-5-4-6-17-18(11-24)13(2)25(19(15)17)12-14-7-9-16(10-8-14)20(21,22)23;1-4-5(2)3/h7-10,15H,3-6,12H2,1-2H3;5H,4H2,1-3H3. The summed E-state index contributed by atoms with van der Waals surface area (Å²) in [5.41, 5.74) is 4.21. The smallest absolute Gasteiger partial charge is 0.343 e. The summed E-state index contributed by atoms with van der Waals surface area (Å²) in [5.74, 6) is 1.30. The molecular weight excluding hydrogens is 385 g/mol. The highest BCUT2D eigenvalue weighted by molar-refractivity contribution is 5.49. The zero-order valence-corrected chi connectivity index (χ0v) is 18.7. The van der Waals surface area contributed by atoms with Crippen molar-refractivity contribution in [3.8, 4) is 6.07 Å². The lowest BCUT2D eigenvalue weighted by atomic mass is 9.84. The van der Waals surface area contributed by atoms with Crippen molar-refractivity contribution in [2.75, 3.05) is 0 Å². The molecule has 0 N–H and O–H groups in total. The Morgan fingerprint density at radius 3 is 2.23 bits per heavy atom. The van der Waals surface area contributed by atoms with Crippen LogP contribution in [0.4, 0.5) is 13.2 Å². The third kappa shape index (κ3) is 5.47. The second kappa shape index (κ2) is 10.2. The highest BCUT2D eigenvalue weighted by Gasteiger charge is 2.31. The van der Waals surface area contributed by atoms with Crippen LogP contribution < -0.4 is 0 Å². The van der Waals surface area contributed by atoms with Crippen molar-refractivity contribution < 1.29 is 13.2 Å². The van der Waals surface area contributed by atoms with Crippen LogP contribution in [0.5, 0.6) is 0 Å².